The molecule has 2 aliphatic carbocycles. The standard InChI is InChI=1S/C49H57N5O9S/c1-6-34-29-49(34,46(58)53-64(59,60)48(21-22-48)28-31-13-9-7-10-14-31)52-44(56)40-26-36(30-54(40)45(57)42(47(2,3)4)51-43(55)33-19-23-62-24-20-33)63-41-27-38(32-15-11-8-12-16-32)50-39-25-35(61-5)17-18-37(39)41/h6-18,25,27,33-34,36,40,42H,1,19-24,26,28-30H2,2-5H3,(H,51,55)(H,52,56)(H,53,58)/t34-,36-,40+,42-,49-/m1/s1. The number of benzene rings is 3. The lowest BCUT2D eigenvalue weighted by molar-refractivity contribution is -0.145. The second kappa shape index (κ2) is 17.6. The molecule has 1 aromatic heterocycles. The molecule has 4 aromatic rings. The summed E-state index contributed by atoms with van der Waals surface area (Å²) in [6.45, 7) is 10.3. The molecule has 0 unspecified atom stereocenters. The molecule has 3 N–H and O–H groups in total. The van der Waals surface area contributed by atoms with E-state index in [1.807, 2.05) is 99.6 Å². The summed E-state index contributed by atoms with van der Waals surface area (Å²) in [7, 11) is -2.59. The van der Waals surface area contributed by atoms with Gasteiger partial charge in [0.25, 0.3) is 5.91 Å². The number of methoxy groups -OCH3 is 1. The molecule has 4 fully saturated rings. The maximum atomic E-state index is 15.0. The van der Waals surface area contributed by atoms with Crippen LogP contribution in [0.4, 0.5) is 0 Å². The number of likely N-dealkylation sites (tertiary alicyclic amines) is 1. The molecule has 5 atom stereocenters. The van der Waals surface area contributed by atoms with Gasteiger partial charge in [-0.3, -0.25) is 23.9 Å². The predicted octanol–water partition coefficient (Wildman–Crippen LogP) is 5.50. The SMILES string of the molecule is C=C[C@@H]1C[C@]1(NC(=O)[C@@H]1C[C@@H](Oc2cc(-c3ccccc3)nc3cc(OC)ccc23)CN1C(=O)[C@@H](NC(=O)C1CCOCC1)C(C)(C)C)C(=O)NS(=O)(=O)C1(Cc2ccccc2)CC1. The van der Waals surface area contributed by atoms with Gasteiger partial charge in [-0.05, 0) is 61.6 Å². The van der Waals surface area contributed by atoms with Crippen molar-refractivity contribution in [3.8, 4) is 22.8 Å². The molecular formula is C49H57N5O9S. The lowest BCUT2D eigenvalue weighted by atomic mass is 9.84. The monoisotopic (exact) mass is 891 g/mol. The van der Waals surface area contributed by atoms with E-state index in [2.05, 4.69) is 21.9 Å². The van der Waals surface area contributed by atoms with Crippen LogP contribution < -0.4 is 24.8 Å². The Morgan fingerprint density at radius 1 is 0.969 bits per heavy atom. The van der Waals surface area contributed by atoms with Crippen molar-refractivity contribution in [1.82, 2.24) is 25.2 Å². The third-order valence-electron chi connectivity index (χ3n) is 13.2. The number of rotatable bonds is 15. The third kappa shape index (κ3) is 9.10. The summed E-state index contributed by atoms with van der Waals surface area (Å²) in [5.74, 6) is -2.06. The zero-order valence-corrected chi connectivity index (χ0v) is 37.6. The minimum Gasteiger partial charge on any atom is -0.497 e. The Hall–Kier alpha value is -5.80. The number of fused-ring (bicyclic) bond motifs is 1. The van der Waals surface area contributed by atoms with E-state index in [0.717, 1.165) is 11.1 Å². The minimum atomic E-state index is -4.17. The lowest BCUT2D eigenvalue weighted by Gasteiger charge is -2.36. The first-order chi connectivity index (χ1) is 30.6. The van der Waals surface area contributed by atoms with Gasteiger partial charge in [0.2, 0.25) is 27.7 Å². The molecule has 3 heterocycles. The summed E-state index contributed by atoms with van der Waals surface area (Å²) in [4.78, 5) is 64.0. The van der Waals surface area contributed by atoms with Gasteiger partial charge in [0.05, 0.1) is 29.6 Å². The number of carbonyl (C=O) groups excluding carboxylic acids is 4. The molecule has 15 heteroatoms. The van der Waals surface area contributed by atoms with Gasteiger partial charge in [0.1, 0.15) is 35.2 Å². The molecule has 4 aliphatic rings. The van der Waals surface area contributed by atoms with Crippen LogP contribution in [-0.2, 0) is 40.4 Å². The van der Waals surface area contributed by atoms with E-state index in [-0.39, 0.29) is 37.6 Å². The second-order valence-corrected chi connectivity index (χ2v) is 20.8. The van der Waals surface area contributed by atoms with Crippen LogP contribution in [0.3, 0.4) is 0 Å². The van der Waals surface area contributed by atoms with E-state index in [1.165, 1.54) is 11.0 Å². The molecule has 3 aromatic carbocycles. The number of nitrogens with zero attached hydrogens (tertiary/aromatic N) is 2. The highest BCUT2D eigenvalue weighted by Crippen LogP contribution is 2.49. The predicted molar refractivity (Wildman–Crippen MR) is 242 cm³/mol. The molecule has 2 aliphatic heterocycles. The van der Waals surface area contributed by atoms with Crippen molar-refractivity contribution in [1.29, 1.82) is 0 Å². The van der Waals surface area contributed by atoms with Crippen molar-refractivity contribution in [2.75, 3.05) is 26.9 Å². The summed E-state index contributed by atoms with van der Waals surface area (Å²) in [5, 5.41) is 6.62. The van der Waals surface area contributed by atoms with Gasteiger partial charge < -0.3 is 29.7 Å². The number of ether oxygens (including phenoxy) is 3. The Morgan fingerprint density at radius 3 is 2.28 bits per heavy atom. The smallest absolute Gasteiger partial charge is 0.259 e. The Labute approximate surface area is 374 Å². The van der Waals surface area contributed by atoms with Crippen LogP contribution in [-0.4, -0.2) is 97.3 Å². The molecule has 4 amide bonds. The van der Waals surface area contributed by atoms with E-state index in [4.69, 9.17) is 19.2 Å². The first-order valence-electron chi connectivity index (χ1n) is 22.0. The quantitative estimate of drug-likeness (QED) is 0.129. The summed E-state index contributed by atoms with van der Waals surface area (Å²) in [6.07, 6.45) is 3.02. The molecule has 0 bridgehead atoms. The first-order valence-corrected chi connectivity index (χ1v) is 23.5. The van der Waals surface area contributed by atoms with E-state index >= 15 is 0 Å². The molecule has 2 saturated carbocycles. The van der Waals surface area contributed by atoms with E-state index in [9.17, 15) is 27.6 Å². The highest BCUT2D eigenvalue weighted by atomic mass is 32.2. The molecule has 14 nitrogen and oxygen atoms in total. The van der Waals surface area contributed by atoms with Gasteiger partial charge >= 0.3 is 0 Å². The Morgan fingerprint density at radius 2 is 1.66 bits per heavy atom. The second-order valence-electron chi connectivity index (χ2n) is 18.7. The fourth-order valence-electron chi connectivity index (χ4n) is 9.05. The van der Waals surface area contributed by atoms with Crippen LogP contribution in [0.1, 0.15) is 64.9 Å². The highest BCUT2D eigenvalue weighted by Gasteiger charge is 2.63. The number of hydrogen-bond acceptors (Lipinski definition) is 10. The van der Waals surface area contributed by atoms with Crippen molar-refractivity contribution in [2.24, 2.45) is 17.3 Å². The van der Waals surface area contributed by atoms with Crippen LogP contribution in [0.15, 0.2) is 97.6 Å². The van der Waals surface area contributed by atoms with Gasteiger partial charge in [0, 0.05) is 54.6 Å². The van der Waals surface area contributed by atoms with Crippen LogP contribution >= 0.6 is 0 Å². The molecule has 2 saturated heterocycles. The normalized spacial score (nSPS) is 23.4. The van der Waals surface area contributed by atoms with Crippen molar-refractivity contribution in [2.45, 2.75) is 94.2 Å². The van der Waals surface area contributed by atoms with E-state index in [1.54, 1.807) is 13.2 Å². The van der Waals surface area contributed by atoms with Crippen molar-refractivity contribution >= 4 is 44.6 Å². The average molecular weight is 892 g/mol. The van der Waals surface area contributed by atoms with Gasteiger partial charge in [-0.15, -0.1) is 6.58 Å². The number of hydrogen-bond donors (Lipinski definition) is 3. The summed E-state index contributed by atoms with van der Waals surface area (Å²) in [6, 6.07) is 24.0. The summed E-state index contributed by atoms with van der Waals surface area (Å²) < 4.78 is 46.8. The van der Waals surface area contributed by atoms with Crippen LogP contribution in [0.2, 0.25) is 0 Å². The minimum absolute atomic E-state index is 0.0257. The van der Waals surface area contributed by atoms with Crippen molar-refractivity contribution in [3.05, 3.63) is 103 Å². The number of amides is 4. The van der Waals surface area contributed by atoms with Crippen LogP contribution in [0, 0.1) is 17.3 Å². The first kappa shape index (κ1) is 44.8. The lowest BCUT2D eigenvalue weighted by Crippen LogP contribution is -2.60. The molecule has 0 spiro atoms. The van der Waals surface area contributed by atoms with Crippen LogP contribution in [0.25, 0.3) is 22.2 Å². The van der Waals surface area contributed by atoms with Crippen molar-refractivity contribution < 1.29 is 41.8 Å². The van der Waals surface area contributed by atoms with Gasteiger partial charge in [-0.2, -0.15) is 0 Å². The average Bonchev–Trinajstić information content (AvgIpc) is 4.19. The van der Waals surface area contributed by atoms with Gasteiger partial charge in [-0.1, -0.05) is 87.5 Å². The van der Waals surface area contributed by atoms with E-state index in [0.29, 0.717) is 67.0 Å². The number of carbonyl (C=O) groups is 4. The zero-order valence-electron chi connectivity index (χ0n) is 36.8. The fraction of sp³-hybridized carbons (Fsp3) is 0.449. The number of aromatic nitrogens is 1. The highest BCUT2D eigenvalue weighted by molar-refractivity contribution is 7.91. The molecule has 338 valence electrons. The van der Waals surface area contributed by atoms with Gasteiger partial charge in [-0.25, -0.2) is 13.4 Å². The fourth-order valence-corrected chi connectivity index (χ4v) is 10.7. The molecule has 64 heavy (non-hydrogen) atoms. The largest absolute Gasteiger partial charge is 0.497 e. The summed E-state index contributed by atoms with van der Waals surface area (Å²) in [5.41, 5.74) is 0.556. The van der Waals surface area contributed by atoms with E-state index < -0.39 is 67.6 Å². The molecular weight excluding hydrogens is 835 g/mol. The summed E-state index contributed by atoms with van der Waals surface area (Å²) >= 11 is 0. The number of pyridine rings is 1. The molecule has 0 radical (unpaired) electrons. The maximum Gasteiger partial charge on any atom is 0.259 e. The topological polar surface area (TPSA) is 182 Å². The number of sulfonamides is 1. The zero-order chi connectivity index (χ0) is 45.4. The Kier molecular flexibility index (Phi) is 12.3. The van der Waals surface area contributed by atoms with Crippen LogP contribution in [0.5, 0.6) is 11.5 Å². The van der Waals surface area contributed by atoms with Gasteiger partial charge in [0.15, 0.2) is 0 Å². The number of nitrogens with one attached hydrogen (secondary N) is 3. The maximum absolute atomic E-state index is 15.0. The van der Waals surface area contributed by atoms with Crippen molar-refractivity contribution in [3.63, 3.8) is 0 Å². The molecule has 8 rings (SSSR count). The Balaban J connectivity index is 1.10. The Bertz CT molecular complexity index is 2540. The third-order valence-corrected chi connectivity index (χ3v) is 15.4.